The number of amides is 2. The SMILES string of the molecule is CC(C)(C)OC(=O)NCc1ccnc(C2CC[C@@H]3CN(c4nc(C(C)(C)C)ccc4C(=O)NSc4cccc(n4)N2)C(C)(C)C3)c1. The number of hydrogen-bond donors (Lipinski definition) is 3. The molecule has 1 fully saturated rings. The van der Waals surface area contributed by atoms with Gasteiger partial charge in [0.25, 0.3) is 5.91 Å². The maximum absolute atomic E-state index is 13.6. The number of nitrogens with zero attached hydrogens (tertiary/aromatic N) is 4. The Labute approximate surface area is 277 Å². The molecule has 0 aliphatic carbocycles. The predicted molar refractivity (Wildman–Crippen MR) is 183 cm³/mol. The van der Waals surface area contributed by atoms with Gasteiger partial charge in [0.2, 0.25) is 0 Å². The molecule has 4 bridgehead atoms. The van der Waals surface area contributed by atoms with Crippen LogP contribution >= 0.6 is 11.9 Å². The molecule has 3 aromatic heterocycles. The molecule has 2 aliphatic rings. The van der Waals surface area contributed by atoms with E-state index in [0.717, 1.165) is 48.6 Å². The van der Waals surface area contributed by atoms with Gasteiger partial charge >= 0.3 is 6.09 Å². The Balaban J connectivity index is 1.46. The van der Waals surface area contributed by atoms with Crippen LogP contribution in [0, 0.1) is 5.92 Å². The third-order valence-electron chi connectivity index (χ3n) is 8.30. The van der Waals surface area contributed by atoms with Crippen molar-refractivity contribution in [2.45, 2.75) is 109 Å². The fourth-order valence-corrected chi connectivity index (χ4v) is 6.66. The molecular weight excluding hydrogens is 598 g/mol. The van der Waals surface area contributed by atoms with Crippen molar-refractivity contribution in [3.63, 3.8) is 0 Å². The summed E-state index contributed by atoms with van der Waals surface area (Å²) in [6.45, 7) is 17.6. The molecule has 2 atom stereocenters. The third kappa shape index (κ3) is 8.29. The van der Waals surface area contributed by atoms with Crippen LogP contribution in [0.4, 0.5) is 16.4 Å². The van der Waals surface area contributed by atoms with Crippen molar-refractivity contribution >= 4 is 35.6 Å². The van der Waals surface area contributed by atoms with Crippen LogP contribution in [-0.4, -0.2) is 44.6 Å². The van der Waals surface area contributed by atoms with Gasteiger partial charge in [0, 0.05) is 47.9 Å². The predicted octanol–water partition coefficient (Wildman–Crippen LogP) is 7.18. The molecule has 5 rings (SSSR count). The van der Waals surface area contributed by atoms with Crippen LogP contribution in [0.3, 0.4) is 0 Å². The zero-order chi connectivity index (χ0) is 33.3. The number of pyridine rings is 3. The molecular formula is C35H47N7O3S. The summed E-state index contributed by atoms with van der Waals surface area (Å²) < 4.78 is 8.42. The van der Waals surface area contributed by atoms with Gasteiger partial charge in [0.05, 0.1) is 17.3 Å². The molecule has 0 saturated carbocycles. The first-order valence-electron chi connectivity index (χ1n) is 16.0. The molecule has 0 aromatic carbocycles. The van der Waals surface area contributed by atoms with Crippen LogP contribution in [0.15, 0.2) is 53.7 Å². The van der Waals surface area contributed by atoms with Gasteiger partial charge in [-0.1, -0.05) is 26.8 Å². The third-order valence-corrected chi connectivity index (χ3v) is 9.02. The molecule has 5 heterocycles. The molecule has 3 aromatic rings. The molecule has 2 aliphatic heterocycles. The molecule has 10 nitrogen and oxygen atoms in total. The minimum absolute atomic E-state index is 0.121. The lowest BCUT2D eigenvalue weighted by Gasteiger charge is -2.34. The van der Waals surface area contributed by atoms with Crippen LogP contribution in [0.25, 0.3) is 0 Å². The van der Waals surface area contributed by atoms with Crippen molar-refractivity contribution in [1.29, 1.82) is 0 Å². The molecule has 0 spiro atoms. The smallest absolute Gasteiger partial charge is 0.407 e. The lowest BCUT2D eigenvalue weighted by Crippen LogP contribution is -2.40. The molecule has 3 N–H and O–H groups in total. The summed E-state index contributed by atoms with van der Waals surface area (Å²) in [6, 6.07) is 13.4. The maximum Gasteiger partial charge on any atom is 0.407 e. The van der Waals surface area contributed by atoms with Crippen LogP contribution in [0.1, 0.15) is 108 Å². The Bertz CT molecular complexity index is 1580. The van der Waals surface area contributed by atoms with Crippen LogP contribution in [0.2, 0.25) is 0 Å². The molecule has 0 radical (unpaired) electrons. The Morgan fingerprint density at radius 3 is 2.61 bits per heavy atom. The summed E-state index contributed by atoms with van der Waals surface area (Å²) in [4.78, 5) is 42.9. The number of aromatic nitrogens is 3. The number of nitrogens with one attached hydrogen (secondary N) is 3. The van der Waals surface area contributed by atoms with E-state index < -0.39 is 11.7 Å². The van der Waals surface area contributed by atoms with Crippen LogP contribution in [-0.2, 0) is 16.7 Å². The average molecular weight is 646 g/mol. The van der Waals surface area contributed by atoms with E-state index in [4.69, 9.17) is 19.7 Å². The number of anilines is 2. The highest BCUT2D eigenvalue weighted by atomic mass is 32.2. The highest BCUT2D eigenvalue weighted by Gasteiger charge is 2.41. The zero-order valence-corrected chi connectivity index (χ0v) is 29.0. The Hall–Kier alpha value is -3.86. The van der Waals surface area contributed by atoms with Crippen LogP contribution in [0.5, 0.6) is 0 Å². The highest BCUT2D eigenvalue weighted by molar-refractivity contribution is 7.97. The maximum atomic E-state index is 13.6. The van der Waals surface area contributed by atoms with Crippen molar-refractivity contribution in [3.8, 4) is 0 Å². The normalized spacial score (nSPS) is 20.0. The summed E-state index contributed by atoms with van der Waals surface area (Å²) in [5.41, 5.74) is 2.41. The minimum Gasteiger partial charge on any atom is -0.444 e. The lowest BCUT2D eigenvalue weighted by molar-refractivity contribution is 0.0523. The van der Waals surface area contributed by atoms with Gasteiger partial charge in [-0.2, -0.15) is 0 Å². The quantitative estimate of drug-likeness (QED) is 0.254. The molecule has 46 heavy (non-hydrogen) atoms. The Kier molecular flexibility index (Phi) is 9.54. The standard InChI is InChI=1S/C35H47N7O3S/c1-33(2,3)27-15-13-24-30(39-27)42-21-23(19-35(42,7)8)12-14-25(38-28-10-9-11-29(40-28)46-41-31(24)43)26-18-22(16-17-36-26)20-37-32(44)45-34(4,5)6/h9-11,13,15-18,23,25H,12,14,19-21H2,1-8H3,(H,37,44)(H,38,40)(H,41,43)/t23-,25?/m0/s1. The topological polar surface area (TPSA) is 121 Å². The number of fused-ring (bicyclic) bond motifs is 6. The van der Waals surface area contributed by atoms with Gasteiger partial charge in [0.15, 0.2) is 0 Å². The summed E-state index contributed by atoms with van der Waals surface area (Å²) in [6.07, 6.45) is 4.06. The van der Waals surface area contributed by atoms with Crippen molar-refractivity contribution in [2.24, 2.45) is 5.92 Å². The van der Waals surface area contributed by atoms with Gasteiger partial charge < -0.3 is 20.3 Å². The van der Waals surface area contributed by atoms with E-state index in [9.17, 15) is 9.59 Å². The van der Waals surface area contributed by atoms with E-state index in [2.05, 4.69) is 54.9 Å². The second kappa shape index (κ2) is 13.1. The number of rotatable bonds is 3. The molecule has 2 amide bonds. The highest BCUT2D eigenvalue weighted by Crippen LogP contribution is 2.41. The van der Waals surface area contributed by atoms with Crippen LogP contribution < -0.4 is 20.3 Å². The first-order valence-corrected chi connectivity index (χ1v) is 16.8. The monoisotopic (exact) mass is 645 g/mol. The fourth-order valence-electron chi connectivity index (χ4n) is 6.07. The fraction of sp³-hybridized carbons (Fsp3) is 0.514. The van der Waals surface area contributed by atoms with E-state index in [1.54, 1.807) is 6.20 Å². The largest absolute Gasteiger partial charge is 0.444 e. The summed E-state index contributed by atoms with van der Waals surface area (Å²) in [5.74, 6) is 1.62. The van der Waals surface area contributed by atoms with E-state index in [1.165, 1.54) is 11.9 Å². The molecule has 1 saturated heterocycles. The van der Waals surface area contributed by atoms with Crippen molar-refractivity contribution in [1.82, 2.24) is 25.0 Å². The molecule has 246 valence electrons. The number of carbonyl (C=O) groups is 2. The Morgan fingerprint density at radius 2 is 1.87 bits per heavy atom. The average Bonchev–Trinajstić information content (AvgIpc) is 3.28. The zero-order valence-electron chi connectivity index (χ0n) is 28.2. The summed E-state index contributed by atoms with van der Waals surface area (Å²) in [7, 11) is 0. The second-order valence-electron chi connectivity index (χ2n) is 14.9. The summed E-state index contributed by atoms with van der Waals surface area (Å²) in [5, 5.41) is 7.14. The van der Waals surface area contributed by atoms with Gasteiger partial charge in [0.1, 0.15) is 22.3 Å². The van der Waals surface area contributed by atoms with Gasteiger partial charge in [-0.3, -0.25) is 14.5 Å². The van der Waals surface area contributed by atoms with E-state index in [0.29, 0.717) is 28.9 Å². The van der Waals surface area contributed by atoms with Gasteiger partial charge in [-0.25, -0.2) is 14.8 Å². The van der Waals surface area contributed by atoms with E-state index in [-0.39, 0.29) is 22.9 Å². The Morgan fingerprint density at radius 1 is 1.09 bits per heavy atom. The van der Waals surface area contributed by atoms with Crippen molar-refractivity contribution in [2.75, 3.05) is 16.8 Å². The number of ether oxygens (including phenoxy) is 1. The molecule has 11 heteroatoms. The molecule has 1 unspecified atom stereocenters. The first-order chi connectivity index (χ1) is 21.6. The lowest BCUT2D eigenvalue weighted by atomic mass is 9.90. The van der Waals surface area contributed by atoms with E-state index in [1.807, 2.05) is 63.2 Å². The van der Waals surface area contributed by atoms with E-state index >= 15 is 0 Å². The number of carbonyl (C=O) groups excluding carboxylic acids is 2. The van der Waals surface area contributed by atoms with Crippen molar-refractivity contribution < 1.29 is 14.3 Å². The summed E-state index contributed by atoms with van der Waals surface area (Å²) >= 11 is 1.19. The van der Waals surface area contributed by atoms with Crippen molar-refractivity contribution in [3.05, 3.63) is 71.2 Å². The van der Waals surface area contributed by atoms with Gasteiger partial charge in [-0.05, 0) is 102 Å². The number of hydrogen-bond acceptors (Lipinski definition) is 9. The number of alkyl carbamates (subject to hydrolysis) is 1. The second-order valence-corrected chi connectivity index (χ2v) is 15.8. The first kappa shape index (κ1) is 33.5. The van der Waals surface area contributed by atoms with Gasteiger partial charge in [-0.15, -0.1) is 0 Å². The minimum atomic E-state index is -0.567.